The Labute approximate surface area is 571 Å². The Morgan fingerprint density at radius 1 is 0.293 bits per heavy atom. The van der Waals surface area contributed by atoms with Crippen molar-refractivity contribution in [2.45, 2.75) is 13.3 Å². The van der Waals surface area contributed by atoms with Crippen molar-refractivity contribution in [3.8, 4) is 39.1 Å². The molecule has 0 N–H and O–H groups in total. The lowest BCUT2D eigenvalue weighted by molar-refractivity contribution is 0.669. The Bertz CT molecular complexity index is 6160. The monoisotopic (exact) mass is 1270 g/mol. The Kier molecular flexibility index (Phi) is 13.8. The zero-order chi connectivity index (χ0) is 65.5. The second-order valence-electron chi connectivity index (χ2n) is 25.5. The van der Waals surface area contributed by atoms with E-state index in [1.165, 1.54) is 87.2 Å². The molecule has 466 valence electrons. The lowest BCUT2D eigenvalue weighted by atomic mass is 9.85. The van der Waals surface area contributed by atoms with Gasteiger partial charge in [-0.05, 0) is 161 Å². The van der Waals surface area contributed by atoms with Gasteiger partial charge in [0.15, 0.2) is 11.2 Å². The van der Waals surface area contributed by atoms with E-state index in [4.69, 9.17) is 13.8 Å². The SMILES string of the molecule is CCc1nc2ccccc2n1-c1ccc(-c2c3ccccc3c(-c3ccc(-c4ccccc4)cc3)c3ccccc23)cc1.c1ccc(N(c2ccc3ccc4c(N(c5ccccc5)c5cccc6c5oc5ccccc56)ccc5ccc2c3c54)c2cccc3c2oc2ccccc23)cc1. The first kappa shape index (κ1) is 57.4. The number of anilines is 6. The number of aromatic nitrogens is 2. The molecule has 99 heavy (non-hydrogen) atoms. The van der Waals surface area contributed by atoms with Crippen LogP contribution < -0.4 is 9.80 Å². The molecule has 0 unspecified atom stereocenters. The predicted molar refractivity (Wildman–Crippen MR) is 416 cm³/mol. The van der Waals surface area contributed by atoms with Crippen molar-refractivity contribution >= 4 is 143 Å². The normalized spacial score (nSPS) is 11.7. The van der Waals surface area contributed by atoms with Gasteiger partial charge < -0.3 is 18.6 Å². The summed E-state index contributed by atoms with van der Waals surface area (Å²) in [6, 6.07) is 124. The summed E-state index contributed by atoms with van der Waals surface area (Å²) < 4.78 is 15.6. The van der Waals surface area contributed by atoms with E-state index in [-0.39, 0.29) is 0 Å². The van der Waals surface area contributed by atoms with E-state index >= 15 is 0 Å². The highest BCUT2D eigenvalue weighted by atomic mass is 16.3. The third-order valence-corrected chi connectivity index (χ3v) is 20.0. The molecule has 0 atom stereocenters. The number of benzene rings is 17. The molecule has 20 rings (SSSR count). The van der Waals surface area contributed by atoms with Crippen LogP contribution in [0.15, 0.2) is 355 Å². The summed E-state index contributed by atoms with van der Waals surface area (Å²) in [5.41, 5.74) is 20.6. The number of aryl methyl sites for hydroxylation is 1. The van der Waals surface area contributed by atoms with Crippen LogP contribution in [0, 0.1) is 0 Å². The molecule has 0 radical (unpaired) electrons. The van der Waals surface area contributed by atoms with E-state index in [9.17, 15) is 0 Å². The van der Waals surface area contributed by atoms with Crippen molar-refractivity contribution in [3.63, 3.8) is 0 Å². The van der Waals surface area contributed by atoms with Crippen molar-refractivity contribution in [3.05, 3.63) is 352 Å². The molecule has 0 spiro atoms. The van der Waals surface area contributed by atoms with E-state index in [2.05, 4.69) is 343 Å². The smallest absolute Gasteiger partial charge is 0.159 e. The molecule has 0 amide bonds. The lowest BCUT2D eigenvalue weighted by Crippen LogP contribution is -2.11. The van der Waals surface area contributed by atoms with Crippen molar-refractivity contribution in [1.29, 1.82) is 0 Å². The average Bonchev–Trinajstić information content (AvgIpc) is 1.01. The summed E-state index contributed by atoms with van der Waals surface area (Å²) in [5.74, 6) is 1.08. The molecule has 0 saturated carbocycles. The first-order valence-corrected chi connectivity index (χ1v) is 34.0. The Hall–Kier alpha value is -13.0. The minimum atomic E-state index is 0.865. The topological polar surface area (TPSA) is 50.6 Å². The molecule has 0 aliphatic rings. The predicted octanol–water partition coefficient (Wildman–Crippen LogP) is 26.2. The number of para-hydroxylation sites is 8. The van der Waals surface area contributed by atoms with Gasteiger partial charge in [0.05, 0.1) is 33.8 Å². The first-order chi connectivity index (χ1) is 49.1. The van der Waals surface area contributed by atoms with Crippen molar-refractivity contribution in [2.75, 3.05) is 9.80 Å². The van der Waals surface area contributed by atoms with Crippen LogP contribution in [0.3, 0.4) is 0 Å². The molecule has 0 saturated heterocycles. The van der Waals surface area contributed by atoms with Gasteiger partial charge >= 0.3 is 0 Å². The van der Waals surface area contributed by atoms with E-state index in [0.717, 1.165) is 107 Å². The van der Waals surface area contributed by atoms with Gasteiger partial charge in [-0.3, -0.25) is 4.57 Å². The molecule has 0 fully saturated rings. The second-order valence-corrected chi connectivity index (χ2v) is 25.5. The molecule has 3 aromatic heterocycles. The molecule has 17 aromatic carbocycles. The maximum Gasteiger partial charge on any atom is 0.159 e. The second kappa shape index (κ2) is 23.7. The highest BCUT2D eigenvalue weighted by Gasteiger charge is 2.26. The van der Waals surface area contributed by atoms with Gasteiger partial charge in [-0.15, -0.1) is 0 Å². The summed E-state index contributed by atoms with van der Waals surface area (Å²) in [5, 5.41) is 16.7. The number of hydrogen-bond acceptors (Lipinski definition) is 5. The molecular formula is C93H62N4O2. The standard InChI is InChI=1S/C52H32N2O2.C41H30N2/c1-3-13-35(14-4-1)53(45-21-11-19-39-37-17-7-9-23-47(37)55-51(39)45)43-31-27-33-26-30-42-44(32-28-34-25-29-41(43)49(33)50(34)42)54(36-15-5-2-6-16-36)46-22-12-20-40-38-18-8-10-24-48(38)56-52(40)46;1-2-39-42-37-18-10-11-19-38(37)43(39)32-26-24-31(25-27-32)41-35-16-8-6-14-33(35)40(34-15-7-9-17-36(34)41)30-22-20-29(21-23-30)28-12-4-3-5-13-28/h1-32H;3-27H,2H2,1H3. The summed E-state index contributed by atoms with van der Waals surface area (Å²) >= 11 is 0. The Morgan fingerprint density at radius 2 is 0.677 bits per heavy atom. The summed E-state index contributed by atoms with van der Waals surface area (Å²) in [7, 11) is 0. The third kappa shape index (κ3) is 9.51. The third-order valence-electron chi connectivity index (χ3n) is 20.0. The van der Waals surface area contributed by atoms with E-state index in [1.807, 2.05) is 24.3 Å². The van der Waals surface area contributed by atoms with Crippen LogP contribution >= 0.6 is 0 Å². The minimum absolute atomic E-state index is 0.865. The molecule has 6 heteroatoms. The van der Waals surface area contributed by atoms with E-state index in [1.54, 1.807) is 0 Å². The highest BCUT2D eigenvalue weighted by molar-refractivity contribution is 6.29. The van der Waals surface area contributed by atoms with Crippen LogP contribution in [0.2, 0.25) is 0 Å². The number of furan rings is 2. The van der Waals surface area contributed by atoms with Crippen LogP contribution in [0.5, 0.6) is 0 Å². The average molecular weight is 1270 g/mol. The highest BCUT2D eigenvalue weighted by Crippen LogP contribution is 2.51. The fourth-order valence-electron chi connectivity index (χ4n) is 15.5. The number of fused-ring (bicyclic) bond motifs is 9. The van der Waals surface area contributed by atoms with Crippen LogP contribution in [0.25, 0.3) is 148 Å². The van der Waals surface area contributed by atoms with Crippen LogP contribution in [0.1, 0.15) is 12.7 Å². The van der Waals surface area contributed by atoms with Crippen molar-refractivity contribution < 1.29 is 8.83 Å². The molecular weight excluding hydrogens is 1210 g/mol. The van der Waals surface area contributed by atoms with Gasteiger partial charge in [0.25, 0.3) is 0 Å². The minimum Gasteiger partial charge on any atom is -0.454 e. The maximum absolute atomic E-state index is 6.65. The zero-order valence-electron chi connectivity index (χ0n) is 54.2. The largest absolute Gasteiger partial charge is 0.454 e. The lowest BCUT2D eigenvalue weighted by Gasteiger charge is -2.29. The van der Waals surface area contributed by atoms with Gasteiger partial charge in [0, 0.05) is 55.8 Å². The van der Waals surface area contributed by atoms with Gasteiger partial charge in [-0.1, -0.05) is 268 Å². The molecule has 0 aliphatic heterocycles. The molecule has 0 bridgehead atoms. The number of imidazole rings is 1. The van der Waals surface area contributed by atoms with Crippen molar-refractivity contribution in [2.24, 2.45) is 0 Å². The number of nitrogens with zero attached hydrogens (tertiary/aromatic N) is 4. The summed E-state index contributed by atoms with van der Waals surface area (Å²) in [4.78, 5) is 9.61. The number of hydrogen-bond donors (Lipinski definition) is 0. The molecule has 0 aliphatic carbocycles. The maximum atomic E-state index is 6.65. The van der Waals surface area contributed by atoms with Crippen LogP contribution in [-0.2, 0) is 6.42 Å². The van der Waals surface area contributed by atoms with Crippen LogP contribution in [0.4, 0.5) is 34.1 Å². The molecule has 20 aromatic rings. The fourth-order valence-corrected chi connectivity index (χ4v) is 15.5. The van der Waals surface area contributed by atoms with E-state index in [0.29, 0.717) is 0 Å². The molecule has 3 heterocycles. The first-order valence-electron chi connectivity index (χ1n) is 34.0. The molecule has 6 nitrogen and oxygen atoms in total. The van der Waals surface area contributed by atoms with Gasteiger partial charge in [0.1, 0.15) is 17.0 Å². The van der Waals surface area contributed by atoms with Gasteiger partial charge in [0.2, 0.25) is 0 Å². The van der Waals surface area contributed by atoms with Gasteiger partial charge in [-0.2, -0.15) is 0 Å². The number of rotatable bonds is 11. The zero-order valence-corrected chi connectivity index (χ0v) is 54.2. The fraction of sp³-hybridized carbons (Fsp3) is 0.0215. The Morgan fingerprint density at radius 3 is 1.16 bits per heavy atom. The van der Waals surface area contributed by atoms with Crippen LogP contribution in [-0.4, -0.2) is 9.55 Å². The Balaban J connectivity index is 0.000000143. The summed E-state index contributed by atoms with van der Waals surface area (Å²) in [6.07, 6.45) is 0.875. The van der Waals surface area contributed by atoms with Gasteiger partial charge in [-0.25, -0.2) is 4.98 Å². The quantitative estimate of drug-likeness (QED) is 0.0954. The van der Waals surface area contributed by atoms with Crippen molar-refractivity contribution in [1.82, 2.24) is 9.55 Å². The van der Waals surface area contributed by atoms with E-state index < -0.39 is 0 Å². The summed E-state index contributed by atoms with van der Waals surface area (Å²) in [6.45, 7) is 2.17.